The minimum atomic E-state index is -0.765. The number of hydrogen-bond acceptors (Lipinski definition) is 6. The van der Waals surface area contributed by atoms with Gasteiger partial charge in [0.15, 0.2) is 6.10 Å². The standard InChI is InChI=1S/C69H134O6/c1-7-64(5)56-50-44-38-32-26-20-13-11-9-10-12-14-24-30-36-42-48-54-60-69(72)75-66(61-73-67(70)58-52-46-40-34-28-22-17-15-19-25-31-37-43-49-55-63(3)4)62-74-68(71)59-53-47-41-35-29-23-18-16-21-27-33-39-45-51-57-65(6)8-2/h63-66H,7-62H2,1-6H3/t64?,65?,66-/m1/s1. The highest BCUT2D eigenvalue weighted by Crippen LogP contribution is 2.20. The molecule has 0 heterocycles. The average Bonchev–Trinajstić information content (AvgIpc) is 3.40. The maximum atomic E-state index is 12.9. The molecule has 0 spiro atoms. The maximum Gasteiger partial charge on any atom is 0.306 e. The molecule has 6 heteroatoms. The van der Waals surface area contributed by atoms with Crippen LogP contribution in [0.15, 0.2) is 0 Å². The summed E-state index contributed by atoms with van der Waals surface area (Å²) in [6.45, 7) is 13.9. The van der Waals surface area contributed by atoms with Gasteiger partial charge in [-0.3, -0.25) is 14.4 Å². The van der Waals surface area contributed by atoms with Crippen LogP contribution in [0.5, 0.6) is 0 Å². The van der Waals surface area contributed by atoms with Crippen LogP contribution in [0.1, 0.15) is 388 Å². The molecule has 6 nitrogen and oxygen atoms in total. The largest absolute Gasteiger partial charge is 0.462 e. The molecule has 0 aliphatic heterocycles. The molecule has 0 amide bonds. The number of carbonyl (C=O) groups is 3. The van der Waals surface area contributed by atoms with E-state index in [2.05, 4.69) is 41.5 Å². The van der Waals surface area contributed by atoms with E-state index in [1.165, 1.54) is 270 Å². The third kappa shape index (κ3) is 59.9. The Bertz CT molecular complexity index is 1170. The summed E-state index contributed by atoms with van der Waals surface area (Å²) in [5.74, 6) is 1.82. The molecule has 0 rings (SSSR count). The van der Waals surface area contributed by atoms with Crippen molar-refractivity contribution in [3.63, 3.8) is 0 Å². The van der Waals surface area contributed by atoms with Crippen molar-refractivity contribution in [2.45, 2.75) is 394 Å². The van der Waals surface area contributed by atoms with Gasteiger partial charge in [-0.2, -0.15) is 0 Å². The van der Waals surface area contributed by atoms with Crippen LogP contribution in [0.3, 0.4) is 0 Å². The zero-order chi connectivity index (χ0) is 54.8. The highest BCUT2D eigenvalue weighted by atomic mass is 16.6. The van der Waals surface area contributed by atoms with Crippen molar-refractivity contribution in [2.24, 2.45) is 17.8 Å². The van der Waals surface area contributed by atoms with E-state index in [0.717, 1.165) is 75.5 Å². The zero-order valence-corrected chi connectivity index (χ0v) is 51.9. The number of esters is 3. The number of hydrogen-bond donors (Lipinski definition) is 0. The molecular formula is C69H134O6. The second kappa shape index (κ2) is 60.1. The SMILES string of the molecule is CCC(C)CCCCCCCCCCCCCCCCCCCCC(=O)O[C@H](COC(=O)CCCCCCCCCCCCCCCCC(C)C)COC(=O)CCCCCCCCCCCCCCCCC(C)CC. The molecule has 0 radical (unpaired) electrons. The van der Waals surface area contributed by atoms with Gasteiger partial charge in [0.25, 0.3) is 0 Å². The van der Waals surface area contributed by atoms with Gasteiger partial charge in [0.05, 0.1) is 0 Å². The fourth-order valence-electron chi connectivity index (χ4n) is 10.7. The van der Waals surface area contributed by atoms with Gasteiger partial charge in [0.2, 0.25) is 0 Å². The number of ether oxygens (including phenoxy) is 3. The highest BCUT2D eigenvalue weighted by molar-refractivity contribution is 5.71. The monoisotopic (exact) mass is 1060 g/mol. The molecule has 0 bridgehead atoms. The Morgan fingerprint density at radius 2 is 0.467 bits per heavy atom. The first-order valence-electron chi connectivity index (χ1n) is 34.2. The molecule has 0 aromatic carbocycles. The van der Waals surface area contributed by atoms with Crippen LogP contribution in [0.2, 0.25) is 0 Å². The summed E-state index contributed by atoms with van der Waals surface area (Å²) in [6.07, 6.45) is 66.7. The van der Waals surface area contributed by atoms with Gasteiger partial charge >= 0.3 is 17.9 Å². The third-order valence-corrected chi connectivity index (χ3v) is 16.6. The van der Waals surface area contributed by atoms with Crippen molar-refractivity contribution in [2.75, 3.05) is 13.2 Å². The predicted molar refractivity (Wildman–Crippen MR) is 326 cm³/mol. The minimum Gasteiger partial charge on any atom is -0.462 e. The van der Waals surface area contributed by atoms with Crippen LogP contribution in [0.4, 0.5) is 0 Å². The number of carbonyl (C=O) groups excluding carboxylic acids is 3. The van der Waals surface area contributed by atoms with E-state index in [0.29, 0.717) is 19.3 Å². The van der Waals surface area contributed by atoms with Crippen molar-refractivity contribution in [3.8, 4) is 0 Å². The van der Waals surface area contributed by atoms with Gasteiger partial charge < -0.3 is 14.2 Å². The van der Waals surface area contributed by atoms with E-state index >= 15 is 0 Å². The maximum absolute atomic E-state index is 12.9. The van der Waals surface area contributed by atoms with Crippen molar-refractivity contribution in [3.05, 3.63) is 0 Å². The lowest BCUT2D eigenvalue weighted by Crippen LogP contribution is -2.30. The molecule has 0 aromatic rings. The molecular weight excluding hydrogens is 925 g/mol. The summed E-state index contributed by atoms with van der Waals surface area (Å²) >= 11 is 0. The van der Waals surface area contributed by atoms with Crippen LogP contribution in [-0.4, -0.2) is 37.2 Å². The Balaban J connectivity index is 4.29. The van der Waals surface area contributed by atoms with E-state index in [-0.39, 0.29) is 31.1 Å². The summed E-state index contributed by atoms with van der Waals surface area (Å²) in [7, 11) is 0. The summed E-state index contributed by atoms with van der Waals surface area (Å²) < 4.78 is 17.0. The molecule has 0 saturated heterocycles. The highest BCUT2D eigenvalue weighted by Gasteiger charge is 2.20. The van der Waals surface area contributed by atoms with E-state index in [9.17, 15) is 14.4 Å². The summed E-state index contributed by atoms with van der Waals surface area (Å²) in [5, 5.41) is 0. The average molecular weight is 1060 g/mol. The predicted octanol–water partition coefficient (Wildman–Crippen LogP) is 23.0. The molecule has 2 unspecified atom stereocenters. The topological polar surface area (TPSA) is 78.9 Å². The van der Waals surface area contributed by atoms with Crippen molar-refractivity contribution in [1.82, 2.24) is 0 Å². The van der Waals surface area contributed by atoms with Crippen LogP contribution in [-0.2, 0) is 28.6 Å². The number of unbranched alkanes of at least 4 members (excludes halogenated alkanes) is 43. The van der Waals surface area contributed by atoms with Crippen LogP contribution in [0.25, 0.3) is 0 Å². The molecule has 0 aliphatic rings. The van der Waals surface area contributed by atoms with E-state index in [4.69, 9.17) is 14.2 Å². The van der Waals surface area contributed by atoms with E-state index < -0.39 is 6.10 Å². The van der Waals surface area contributed by atoms with Gasteiger partial charge in [0, 0.05) is 19.3 Å². The van der Waals surface area contributed by atoms with Crippen LogP contribution < -0.4 is 0 Å². The fraction of sp³-hybridized carbons (Fsp3) is 0.957. The summed E-state index contributed by atoms with van der Waals surface area (Å²) in [6, 6.07) is 0. The van der Waals surface area contributed by atoms with Gasteiger partial charge in [-0.1, -0.05) is 350 Å². The van der Waals surface area contributed by atoms with Crippen molar-refractivity contribution in [1.29, 1.82) is 0 Å². The molecule has 0 saturated carbocycles. The molecule has 3 atom stereocenters. The lowest BCUT2D eigenvalue weighted by molar-refractivity contribution is -0.167. The molecule has 446 valence electrons. The Morgan fingerprint density at radius 3 is 0.693 bits per heavy atom. The van der Waals surface area contributed by atoms with Gasteiger partial charge in [-0.25, -0.2) is 0 Å². The van der Waals surface area contributed by atoms with Crippen molar-refractivity contribution < 1.29 is 28.6 Å². The normalized spacial score (nSPS) is 12.8. The first-order chi connectivity index (χ1) is 36.7. The lowest BCUT2D eigenvalue weighted by atomic mass is 9.99. The second-order valence-electron chi connectivity index (χ2n) is 24.8. The Kier molecular flexibility index (Phi) is 58.8. The molecule has 75 heavy (non-hydrogen) atoms. The zero-order valence-electron chi connectivity index (χ0n) is 51.9. The summed E-state index contributed by atoms with van der Waals surface area (Å²) in [4.78, 5) is 38.4. The second-order valence-corrected chi connectivity index (χ2v) is 24.8. The molecule has 0 fully saturated rings. The first kappa shape index (κ1) is 73.4. The Labute approximate surface area is 469 Å². The van der Waals surface area contributed by atoms with Crippen LogP contribution >= 0.6 is 0 Å². The molecule has 0 N–H and O–H groups in total. The van der Waals surface area contributed by atoms with Crippen LogP contribution in [0, 0.1) is 17.8 Å². The first-order valence-corrected chi connectivity index (χ1v) is 34.2. The van der Waals surface area contributed by atoms with Crippen molar-refractivity contribution >= 4 is 17.9 Å². The fourth-order valence-corrected chi connectivity index (χ4v) is 10.7. The Hall–Kier alpha value is -1.59. The molecule has 0 aliphatic carbocycles. The Morgan fingerprint density at radius 1 is 0.267 bits per heavy atom. The quantitative estimate of drug-likeness (QED) is 0.0343. The smallest absolute Gasteiger partial charge is 0.306 e. The van der Waals surface area contributed by atoms with Gasteiger partial charge in [-0.15, -0.1) is 0 Å². The van der Waals surface area contributed by atoms with Gasteiger partial charge in [-0.05, 0) is 37.0 Å². The van der Waals surface area contributed by atoms with E-state index in [1.807, 2.05) is 0 Å². The third-order valence-electron chi connectivity index (χ3n) is 16.6. The molecule has 0 aromatic heterocycles. The summed E-state index contributed by atoms with van der Waals surface area (Å²) in [5.41, 5.74) is 0. The number of rotatable bonds is 62. The van der Waals surface area contributed by atoms with E-state index in [1.54, 1.807) is 0 Å². The minimum absolute atomic E-state index is 0.0621. The lowest BCUT2D eigenvalue weighted by Gasteiger charge is -2.18. The van der Waals surface area contributed by atoms with Gasteiger partial charge in [0.1, 0.15) is 13.2 Å².